The summed E-state index contributed by atoms with van der Waals surface area (Å²) in [5.74, 6) is -1.72. The van der Waals surface area contributed by atoms with Gasteiger partial charge in [-0.05, 0) is 24.8 Å². The van der Waals surface area contributed by atoms with E-state index in [-0.39, 0.29) is 11.8 Å². The van der Waals surface area contributed by atoms with Crippen LogP contribution in [0.15, 0.2) is 30.3 Å². The van der Waals surface area contributed by atoms with Crippen molar-refractivity contribution in [3.05, 3.63) is 35.9 Å². The molecular weight excluding hydrogens is 266 g/mol. The summed E-state index contributed by atoms with van der Waals surface area (Å²) in [5, 5.41) is 8.83. The Hall–Kier alpha value is -1.40. The minimum atomic E-state index is -3.32. The number of hydrogen-bond donors (Lipinski definition) is 2. The fourth-order valence-corrected chi connectivity index (χ4v) is 3.28. The molecule has 1 aromatic rings. The molecule has 1 saturated carbocycles. The van der Waals surface area contributed by atoms with E-state index in [2.05, 4.69) is 4.72 Å². The fraction of sp³-hybridized carbons (Fsp3) is 0.462. The third-order valence-electron chi connectivity index (χ3n) is 3.17. The van der Waals surface area contributed by atoms with Gasteiger partial charge in [0.15, 0.2) is 0 Å². The highest BCUT2D eigenvalue weighted by molar-refractivity contribution is 7.90. The number of hydrogen-bond acceptors (Lipinski definition) is 3. The van der Waals surface area contributed by atoms with Crippen molar-refractivity contribution < 1.29 is 18.3 Å². The maximum absolute atomic E-state index is 11.7. The molecule has 0 bridgehead atoms. The molecule has 2 N–H and O–H groups in total. The molecular formula is C13H17NO4S. The Morgan fingerprint density at radius 3 is 2.47 bits per heavy atom. The van der Waals surface area contributed by atoms with Gasteiger partial charge in [0, 0.05) is 6.54 Å². The smallest absolute Gasteiger partial charge is 0.308 e. The van der Waals surface area contributed by atoms with E-state index in [0.717, 1.165) is 5.56 Å². The number of benzene rings is 1. The van der Waals surface area contributed by atoms with Gasteiger partial charge < -0.3 is 5.11 Å². The molecule has 5 nitrogen and oxygen atoms in total. The van der Waals surface area contributed by atoms with Crippen LogP contribution in [0.2, 0.25) is 0 Å². The van der Waals surface area contributed by atoms with Crippen molar-refractivity contribution in [3.63, 3.8) is 0 Å². The summed E-state index contributed by atoms with van der Waals surface area (Å²) >= 11 is 0. The molecule has 1 aliphatic rings. The van der Waals surface area contributed by atoms with Crippen LogP contribution in [0.1, 0.15) is 18.4 Å². The molecule has 104 valence electrons. The fourth-order valence-electron chi connectivity index (χ4n) is 1.86. The largest absolute Gasteiger partial charge is 0.481 e. The summed E-state index contributed by atoms with van der Waals surface area (Å²) in [4.78, 5) is 11.2. The van der Waals surface area contributed by atoms with Crippen LogP contribution in [0, 0.1) is 5.92 Å². The molecule has 1 aromatic carbocycles. The second kappa shape index (κ2) is 5.71. The van der Waals surface area contributed by atoms with E-state index in [1.807, 2.05) is 30.3 Å². The molecule has 0 spiro atoms. The first-order valence-corrected chi connectivity index (χ1v) is 7.79. The normalized spacial score (nSPS) is 17.1. The number of carbonyl (C=O) groups is 1. The van der Waals surface area contributed by atoms with Crippen molar-refractivity contribution in [1.82, 2.24) is 4.72 Å². The number of nitrogens with one attached hydrogen (secondary N) is 1. The molecule has 19 heavy (non-hydrogen) atoms. The first-order chi connectivity index (χ1) is 8.99. The molecule has 0 amide bonds. The molecule has 1 unspecified atom stereocenters. The van der Waals surface area contributed by atoms with Gasteiger partial charge in [0.2, 0.25) is 10.0 Å². The minimum absolute atomic E-state index is 0.0525. The lowest BCUT2D eigenvalue weighted by Crippen LogP contribution is -2.35. The first kappa shape index (κ1) is 14.0. The lowest BCUT2D eigenvalue weighted by molar-refractivity contribution is -0.141. The van der Waals surface area contributed by atoms with Gasteiger partial charge in [0.25, 0.3) is 0 Å². The average Bonchev–Trinajstić information content (AvgIpc) is 3.20. The van der Waals surface area contributed by atoms with E-state index in [9.17, 15) is 13.2 Å². The zero-order chi connectivity index (χ0) is 13.9. The number of carboxylic acid groups (broad SMARTS) is 1. The van der Waals surface area contributed by atoms with Crippen LogP contribution in [0.4, 0.5) is 0 Å². The summed E-state index contributed by atoms with van der Waals surface area (Å²) < 4.78 is 25.8. The lowest BCUT2D eigenvalue weighted by Gasteiger charge is -2.13. The monoisotopic (exact) mass is 283 g/mol. The highest BCUT2D eigenvalue weighted by Crippen LogP contribution is 2.27. The molecule has 0 radical (unpaired) electrons. The van der Waals surface area contributed by atoms with Crippen LogP contribution in [0.25, 0.3) is 0 Å². The van der Waals surface area contributed by atoms with Gasteiger partial charge in [-0.1, -0.05) is 30.3 Å². The van der Waals surface area contributed by atoms with E-state index < -0.39 is 21.9 Å². The van der Waals surface area contributed by atoms with Crippen molar-refractivity contribution in [2.24, 2.45) is 5.92 Å². The van der Waals surface area contributed by atoms with Crippen LogP contribution in [-0.4, -0.2) is 31.3 Å². The molecule has 2 rings (SSSR count). The van der Waals surface area contributed by atoms with Gasteiger partial charge in [-0.3, -0.25) is 4.79 Å². The van der Waals surface area contributed by atoms with Gasteiger partial charge in [0.05, 0.1) is 11.2 Å². The second-order valence-electron chi connectivity index (χ2n) is 4.82. The lowest BCUT2D eigenvalue weighted by atomic mass is 10.00. The number of rotatable bonds is 7. The maximum Gasteiger partial charge on any atom is 0.308 e. The zero-order valence-corrected chi connectivity index (χ0v) is 11.3. The molecule has 0 aromatic heterocycles. The van der Waals surface area contributed by atoms with Gasteiger partial charge in [-0.25, -0.2) is 13.1 Å². The van der Waals surface area contributed by atoms with Crippen LogP contribution in [0.5, 0.6) is 0 Å². The summed E-state index contributed by atoms with van der Waals surface area (Å²) in [6.07, 6.45) is 1.67. The van der Waals surface area contributed by atoms with E-state index in [0.29, 0.717) is 19.3 Å². The quantitative estimate of drug-likeness (QED) is 0.782. The van der Waals surface area contributed by atoms with Gasteiger partial charge >= 0.3 is 5.97 Å². The molecule has 0 saturated heterocycles. The predicted octanol–water partition coefficient (Wildman–Crippen LogP) is 1.01. The third-order valence-corrected chi connectivity index (χ3v) is 5.09. The highest BCUT2D eigenvalue weighted by Gasteiger charge is 2.36. The van der Waals surface area contributed by atoms with E-state index >= 15 is 0 Å². The summed E-state index contributed by atoms with van der Waals surface area (Å²) in [6, 6.07) is 9.21. The molecule has 6 heteroatoms. The van der Waals surface area contributed by atoms with E-state index in [1.165, 1.54) is 0 Å². The van der Waals surface area contributed by atoms with Gasteiger partial charge in [-0.2, -0.15) is 0 Å². The zero-order valence-electron chi connectivity index (χ0n) is 10.5. The predicted molar refractivity (Wildman–Crippen MR) is 71.2 cm³/mol. The Morgan fingerprint density at radius 1 is 1.32 bits per heavy atom. The van der Waals surface area contributed by atoms with Crippen LogP contribution in [0.3, 0.4) is 0 Å². The number of sulfonamides is 1. The van der Waals surface area contributed by atoms with Gasteiger partial charge in [0.1, 0.15) is 0 Å². The van der Waals surface area contributed by atoms with Crippen molar-refractivity contribution in [1.29, 1.82) is 0 Å². The first-order valence-electron chi connectivity index (χ1n) is 6.24. The Kier molecular flexibility index (Phi) is 4.21. The molecule has 0 aliphatic heterocycles. The van der Waals surface area contributed by atoms with Crippen molar-refractivity contribution in [2.75, 3.05) is 6.54 Å². The Bertz CT molecular complexity index is 537. The number of carboxylic acids is 1. The minimum Gasteiger partial charge on any atom is -0.481 e. The van der Waals surface area contributed by atoms with E-state index in [1.54, 1.807) is 0 Å². The summed E-state index contributed by atoms with van der Waals surface area (Å²) in [6.45, 7) is -0.0525. The molecule has 1 fully saturated rings. The van der Waals surface area contributed by atoms with Crippen LogP contribution >= 0.6 is 0 Å². The SMILES string of the molecule is O=C(O)C(CNS(=O)(=O)C1CC1)Cc1ccccc1. The molecule has 1 atom stereocenters. The summed E-state index contributed by atoms with van der Waals surface area (Å²) in [7, 11) is -3.32. The Morgan fingerprint density at radius 2 is 1.95 bits per heavy atom. The second-order valence-corrected chi connectivity index (χ2v) is 6.86. The van der Waals surface area contributed by atoms with Crippen molar-refractivity contribution in [2.45, 2.75) is 24.5 Å². The highest BCUT2D eigenvalue weighted by atomic mass is 32.2. The third kappa shape index (κ3) is 4.04. The van der Waals surface area contributed by atoms with Crippen molar-refractivity contribution in [3.8, 4) is 0 Å². The summed E-state index contributed by atoms with van der Waals surface area (Å²) in [5.41, 5.74) is 0.889. The molecule has 1 aliphatic carbocycles. The Balaban J connectivity index is 1.95. The van der Waals surface area contributed by atoms with Gasteiger partial charge in [-0.15, -0.1) is 0 Å². The topological polar surface area (TPSA) is 83.5 Å². The Labute approximate surface area is 112 Å². The standard InChI is InChI=1S/C13H17NO4S/c15-13(16)11(8-10-4-2-1-3-5-10)9-14-19(17,18)12-6-7-12/h1-5,11-12,14H,6-9H2,(H,15,16). The van der Waals surface area contributed by atoms with Crippen molar-refractivity contribution >= 4 is 16.0 Å². The molecule has 0 heterocycles. The number of aliphatic carboxylic acids is 1. The van der Waals surface area contributed by atoms with Crippen LogP contribution < -0.4 is 4.72 Å². The van der Waals surface area contributed by atoms with Crippen LogP contribution in [-0.2, 0) is 21.2 Å². The van der Waals surface area contributed by atoms with E-state index in [4.69, 9.17) is 5.11 Å². The average molecular weight is 283 g/mol. The maximum atomic E-state index is 11.7.